The number of nitrogens with zero attached hydrogens (tertiary/aromatic N) is 1. The first-order chi connectivity index (χ1) is 9.81. The molecule has 5 nitrogen and oxygen atoms in total. The summed E-state index contributed by atoms with van der Waals surface area (Å²) in [5.74, 6) is -0.747. The van der Waals surface area contributed by atoms with E-state index in [0.717, 1.165) is 5.56 Å². The minimum atomic E-state index is -1.23. The molecule has 1 atom stereocenters. The Kier molecular flexibility index (Phi) is 4.54. The average Bonchev–Trinajstić information content (AvgIpc) is 2.39. The van der Waals surface area contributed by atoms with Gasteiger partial charge in [0.2, 0.25) is 5.91 Å². The Balaban J connectivity index is 2.19. The predicted octanol–water partition coefficient (Wildman–Crippen LogP) is 1.49. The zero-order valence-corrected chi connectivity index (χ0v) is 12.7. The predicted molar refractivity (Wildman–Crippen MR) is 80.1 cm³/mol. The van der Waals surface area contributed by atoms with Gasteiger partial charge < -0.3 is 15.7 Å². The van der Waals surface area contributed by atoms with Gasteiger partial charge in [-0.15, -0.1) is 0 Å². The third-order valence-electron chi connectivity index (χ3n) is 3.78. The van der Waals surface area contributed by atoms with Crippen molar-refractivity contribution >= 4 is 23.4 Å². The summed E-state index contributed by atoms with van der Waals surface area (Å²) in [5.41, 5.74) is 5.28. The number of aryl methyl sites for hydroxylation is 1. The second-order valence-electron chi connectivity index (χ2n) is 5.66. The van der Waals surface area contributed by atoms with Crippen LogP contribution in [0.3, 0.4) is 0 Å². The van der Waals surface area contributed by atoms with Crippen LogP contribution >= 0.6 is 11.6 Å². The number of aliphatic hydroxyl groups is 1. The van der Waals surface area contributed by atoms with Crippen molar-refractivity contribution in [1.82, 2.24) is 4.90 Å². The molecule has 0 aliphatic carbocycles. The number of carbonyl (C=O) groups is 2. The molecule has 0 radical (unpaired) electrons. The fraction of sp³-hybridized carbons (Fsp3) is 0.467. The van der Waals surface area contributed by atoms with Gasteiger partial charge >= 0.3 is 0 Å². The maximum atomic E-state index is 12.6. The van der Waals surface area contributed by atoms with E-state index in [1.54, 1.807) is 23.1 Å². The molecule has 21 heavy (non-hydrogen) atoms. The van der Waals surface area contributed by atoms with Crippen molar-refractivity contribution < 1.29 is 14.7 Å². The van der Waals surface area contributed by atoms with Crippen LogP contribution in [0, 0.1) is 6.92 Å². The average molecular weight is 311 g/mol. The molecule has 0 spiro atoms. The molecule has 3 N–H and O–H groups in total. The van der Waals surface area contributed by atoms with E-state index in [1.807, 2.05) is 6.92 Å². The third-order valence-corrected chi connectivity index (χ3v) is 4.01. The number of likely N-dealkylation sites (tertiary alicyclic amines) is 1. The third kappa shape index (κ3) is 3.74. The van der Waals surface area contributed by atoms with E-state index in [-0.39, 0.29) is 18.9 Å². The standard InChI is InChI=1S/C15H19ClN2O3/c1-10-3-4-11(16)7-12(10)14(20)18-6-2-5-15(21,9-18)8-13(17)19/h3-4,7,21H,2,5-6,8-9H2,1H3,(H2,17,19). The summed E-state index contributed by atoms with van der Waals surface area (Å²) in [4.78, 5) is 25.2. The van der Waals surface area contributed by atoms with Gasteiger partial charge in [0.25, 0.3) is 5.91 Å². The molecule has 0 aromatic heterocycles. The highest BCUT2D eigenvalue weighted by atomic mass is 35.5. The van der Waals surface area contributed by atoms with Gasteiger partial charge in [0.1, 0.15) is 0 Å². The van der Waals surface area contributed by atoms with Crippen molar-refractivity contribution in [1.29, 1.82) is 0 Å². The zero-order valence-electron chi connectivity index (χ0n) is 11.9. The van der Waals surface area contributed by atoms with E-state index in [9.17, 15) is 14.7 Å². The number of hydrogen-bond donors (Lipinski definition) is 2. The van der Waals surface area contributed by atoms with Crippen molar-refractivity contribution in [2.45, 2.75) is 31.8 Å². The van der Waals surface area contributed by atoms with Crippen molar-refractivity contribution in [3.8, 4) is 0 Å². The monoisotopic (exact) mass is 310 g/mol. The molecule has 0 bridgehead atoms. The maximum Gasteiger partial charge on any atom is 0.254 e. The van der Waals surface area contributed by atoms with Crippen LogP contribution in [-0.4, -0.2) is 40.5 Å². The molecule has 0 saturated carbocycles. The van der Waals surface area contributed by atoms with Gasteiger partial charge in [-0.25, -0.2) is 0 Å². The summed E-state index contributed by atoms with van der Waals surface area (Å²) >= 11 is 5.94. The molecule has 1 aromatic rings. The lowest BCUT2D eigenvalue weighted by molar-refractivity contribution is -0.125. The second kappa shape index (κ2) is 6.03. The molecular formula is C15H19ClN2O3. The molecule has 2 amide bonds. The number of halogens is 1. The zero-order chi connectivity index (χ0) is 15.6. The Morgan fingerprint density at radius 2 is 2.19 bits per heavy atom. The van der Waals surface area contributed by atoms with Crippen molar-refractivity contribution in [3.63, 3.8) is 0 Å². The lowest BCUT2D eigenvalue weighted by Crippen LogP contribution is -2.52. The van der Waals surface area contributed by atoms with Crippen LogP contribution in [0.25, 0.3) is 0 Å². The van der Waals surface area contributed by atoms with Crippen molar-refractivity contribution in [3.05, 3.63) is 34.3 Å². The lowest BCUT2D eigenvalue weighted by Gasteiger charge is -2.38. The molecule has 1 aliphatic rings. The summed E-state index contributed by atoms with van der Waals surface area (Å²) in [7, 11) is 0. The molecular weight excluding hydrogens is 292 g/mol. The van der Waals surface area contributed by atoms with E-state index in [1.165, 1.54) is 0 Å². The van der Waals surface area contributed by atoms with E-state index < -0.39 is 11.5 Å². The quantitative estimate of drug-likeness (QED) is 0.887. The molecule has 1 fully saturated rings. The smallest absolute Gasteiger partial charge is 0.254 e. The molecule has 2 rings (SSSR count). The van der Waals surface area contributed by atoms with Crippen LogP contribution in [0.1, 0.15) is 35.2 Å². The Hall–Kier alpha value is -1.59. The SMILES string of the molecule is Cc1ccc(Cl)cc1C(=O)N1CCCC(O)(CC(N)=O)C1. The van der Waals surface area contributed by atoms with Gasteiger partial charge in [-0.05, 0) is 37.5 Å². The minimum Gasteiger partial charge on any atom is -0.388 e. The summed E-state index contributed by atoms with van der Waals surface area (Å²) in [6.45, 7) is 2.50. The van der Waals surface area contributed by atoms with E-state index in [2.05, 4.69) is 0 Å². The molecule has 1 saturated heterocycles. The molecule has 1 unspecified atom stereocenters. The first-order valence-electron chi connectivity index (χ1n) is 6.87. The number of rotatable bonds is 3. The van der Waals surface area contributed by atoms with Gasteiger partial charge in [0.05, 0.1) is 18.6 Å². The summed E-state index contributed by atoms with van der Waals surface area (Å²) < 4.78 is 0. The number of benzene rings is 1. The topological polar surface area (TPSA) is 83.6 Å². The number of amides is 2. The van der Waals surface area contributed by atoms with Gasteiger partial charge in [-0.1, -0.05) is 17.7 Å². The number of primary amides is 1. The Labute approximate surface area is 128 Å². The van der Waals surface area contributed by atoms with E-state index in [0.29, 0.717) is 30.0 Å². The normalized spacial score (nSPS) is 22.1. The van der Waals surface area contributed by atoms with Crippen molar-refractivity contribution in [2.24, 2.45) is 5.73 Å². The first-order valence-corrected chi connectivity index (χ1v) is 7.25. The maximum absolute atomic E-state index is 12.6. The minimum absolute atomic E-state index is 0.112. The van der Waals surface area contributed by atoms with Crippen LogP contribution in [0.4, 0.5) is 0 Å². The Morgan fingerprint density at radius 1 is 1.48 bits per heavy atom. The highest BCUT2D eigenvalue weighted by molar-refractivity contribution is 6.31. The summed E-state index contributed by atoms with van der Waals surface area (Å²) in [6, 6.07) is 5.14. The second-order valence-corrected chi connectivity index (χ2v) is 6.09. The number of nitrogens with two attached hydrogens (primary N) is 1. The van der Waals surface area contributed by atoms with Crippen LogP contribution in [0.2, 0.25) is 5.02 Å². The van der Waals surface area contributed by atoms with Gasteiger partial charge in [-0.3, -0.25) is 9.59 Å². The fourth-order valence-corrected chi connectivity index (χ4v) is 2.92. The van der Waals surface area contributed by atoms with Gasteiger partial charge in [-0.2, -0.15) is 0 Å². The number of piperidine rings is 1. The van der Waals surface area contributed by atoms with Crippen LogP contribution in [0.5, 0.6) is 0 Å². The van der Waals surface area contributed by atoms with Crippen LogP contribution < -0.4 is 5.73 Å². The lowest BCUT2D eigenvalue weighted by atomic mass is 9.89. The first kappa shape index (κ1) is 15.8. The molecule has 1 aliphatic heterocycles. The van der Waals surface area contributed by atoms with E-state index in [4.69, 9.17) is 17.3 Å². The van der Waals surface area contributed by atoms with Crippen LogP contribution in [-0.2, 0) is 4.79 Å². The molecule has 6 heteroatoms. The van der Waals surface area contributed by atoms with Crippen LogP contribution in [0.15, 0.2) is 18.2 Å². The number of hydrogen-bond acceptors (Lipinski definition) is 3. The highest BCUT2D eigenvalue weighted by Crippen LogP contribution is 2.26. The molecule has 1 heterocycles. The number of β-amino-alcohol motifs (C(OH)–C–C–N with tert-alkyl or cyclic N) is 1. The molecule has 1 aromatic carbocycles. The summed E-state index contributed by atoms with van der Waals surface area (Å²) in [6.07, 6.45) is 0.967. The van der Waals surface area contributed by atoms with E-state index >= 15 is 0 Å². The van der Waals surface area contributed by atoms with Crippen molar-refractivity contribution in [2.75, 3.05) is 13.1 Å². The van der Waals surface area contributed by atoms with Gasteiger partial charge in [0, 0.05) is 17.1 Å². The highest BCUT2D eigenvalue weighted by Gasteiger charge is 2.37. The van der Waals surface area contributed by atoms with Gasteiger partial charge in [0.15, 0.2) is 0 Å². The largest absolute Gasteiger partial charge is 0.388 e. The Bertz CT molecular complexity index is 576. The molecule has 114 valence electrons. The summed E-state index contributed by atoms with van der Waals surface area (Å²) in [5, 5.41) is 10.9. The number of carbonyl (C=O) groups excluding carboxylic acids is 2. The Morgan fingerprint density at radius 3 is 2.86 bits per heavy atom. The fourth-order valence-electron chi connectivity index (χ4n) is 2.75.